The molecule has 1 aromatic heterocycles. The molecule has 0 unspecified atom stereocenters. The number of terminal acetylenes is 1. The monoisotopic (exact) mass is 426 g/mol. The molecule has 0 bridgehead atoms. The molecule has 1 amide bonds. The van der Waals surface area contributed by atoms with E-state index in [4.69, 9.17) is 6.42 Å². The second-order valence-corrected chi connectivity index (χ2v) is 10.6. The molecule has 0 saturated carbocycles. The highest BCUT2D eigenvalue weighted by Crippen LogP contribution is 2.22. The number of thiazole rings is 1. The van der Waals surface area contributed by atoms with Crippen molar-refractivity contribution in [2.75, 3.05) is 0 Å². The summed E-state index contributed by atoms with van der Waals surface area (Å²) in [6.07, 6.45) is 5.52. The molecule has 0 spiro atoms. The van der Waals surface area contributed by atoms with E-state index in [0.29, 0.717) is 16.9 Å². The first-order chi connectivity index (χ1) is 13.6. The maximum atomic E-state index is 12.7. The molecule has 0 aliphatic rings. The molecular weight excluding hydrogens is 404 g/mol. The fraction of sp³-hybridized carbons (Fsp3) is 0.273. The van der Waals surface area contributed by atoms with Gasteiger partial charge in [-0.1, -0.05) is 17.3 Å². The third-order valence-electron chi connectivity index (χ3n) is 4.80. The minimum Gasteiger partial charge on any atom is -0.305 e. The minimum absolute atomic E-state index is 0.194. The molecule has 0 N–H and O–H groups in total. The Kier molecular flexibility index (Phi) is 5.78. The average molecular weight is 427 g/mol. The summed E-state index contributed by atoms with van der Waals surface area (Å²) in [5, 5.41) is -0.526. The summed E-state index contributed by atoms with van der Waals surface area (Å²) in [4.78, 5) is 17.7. The van der Waals surface area contributed by atoms with Gasteiger partial charge in [0, 0.05) is 5.56 Å². The summed E-state index contributed by atoms with van der Waals surface area (Å²) in [6, 6.07) is 10.0. The number of nitrogens with zero attached hydrogens (tertiary/aromatic N) is 2. The molecule has 0 radical (unpaired) electrons. The van der Waals surface area contributed by atoms with Crippen molar-refractivity contribution in [2.24, 2.45) is 4.99 Å². The van der Waals surface area contributed by atoms with Crippen LogP contribution in [0, 0.1) is 26.2 Å². The van der Waals surface area contributed by atoms with Gasteiger partial charge in [-0.2, -0.15) is 4.99 Å². The smallest absolute Gasteiger partial charge is 0.279 e. The van der Waals surface area contributed by atoms with Gasteiger partial charge >= 0.3 is 0 Å². The molecule has 2 aromatic carbocycles. The zero-order valence-electron chi connectivity index (χ0n) is 16.8. The lowest BCUT2D eigenvalue weighted by atomic mass is 10.1. The average Bonchev–Trinajstić information content (AvgIpc) is 2.98. The zero-order valence-corrected chi connectivity index (χ0v) is 18.4. The van der Waals surface area contributed by atoms with Crippen molar-refractivity contribution < 1.29 is 13.2 Å². The van der Waals surface area contributed by atoms with E-state index in [1.165, 1.54) is 35.6 Å². The van der Waals surface area contributed by atoms with Gasteiger partial charge in [-0.25, -0.2) is 8.42 Å². The second kappa shape index (κ2) is 7.97. The third-order valence-corrected chi connectivity index (χ3v) is 8.01. The van der Waals surface area contributed by atoms with Crippen molar-refractivity contribution in [2.45, 2.75) is 44.4 Å². The maximum absolute atomic E-state index is 12.7. The Morgan fingerprint density at radius 2 is 1.79 bits per heavy atom. The number of hydrogen-bond acceptors (Lipinski definition) is 4. The quantitative estimate of drug-likeness (QED) is 0.595. The Morgan fingerprint density at radius 3 is 2.38 bits per heavy atom. The van der Waals surface area contributed by atoms with Crippen LogP contribution in [-0.2, 0) is 16.4 Å². The Bertz CT molecular complexity index is 1300. The molecule has 0 saturated heterocycles. The molecule has 3 rings (SSSR count). The van der Waals surface area contributed by atoms with Crippen molar-refractivity contribution in [3.05, 3.63) is 57.9 Å². The van der Waals surface area contributed by atoms with Gasteiger partial charge in [-0.3, -0.25) is 4.79 Å². The van der Waals surface area contributed by atoms with Gasteiger partial charge in [-0.15, -0.1) is 6.42 Å². The van der Waals surface area contributed by atoms with Crippen molar-refractivity contribution in [1.82, 2.24) is 4.57 Å². The van der Waals surface area contributed by atoms with Gasteiger partial charge in [0.25, 0.3) is 5.91 Å². The molecule has 0 atom stereocenters. The van der Waals surface area contributed by atoms with Gasteiger partial charge in [0.05, 0.1) is 26.9 Å². The highest BCUT2D eigenvalue weighted by Gasteiger charge is 2.19. The van der Waals surface area contributed by atoms with Crippen LogP contribution >= 0.6 is 11.3 Å². The van der Waals surface area contributed by atoms with Crippen LogP contribution in [0.3, 0.4) is 0 Å². The van der Waals surface area contributed by atoms with Crippen LogP contribution in [0.5, 0.6) is 0 Å². The number of amides is 1. The number of benzene rings is 2. The zero-order chi connectivity index (χ0) is 21.3. The Hall–Kier alpha value is -2.69. The summed E-state index contributed by atoms with van der Waals surface area (Å²) >= 11 is 1.41. The fourth-order valence-corrected chi connectivity index (χ4v) is 5.03. The first kappa shape index (κ1) is 21.0. The van der Waals surface area contributed by atoms with Crippen LogP contribution in [0.4, 0.5) is 0 Å². The molecule has 1 heterocycles. The molecule has 0 aliphatic carbocycles. The highest BCUT2D eigenvalue weighted by molar-refractivity contribution is 7.92. The second-order valence-electron chi connectivity index (χ2n) is 7.11. The van der Waals surface area contributed by atoms with E-state index in [2.05, 4.69) is 17.0 Å². The lowest BCUT2D eigenvalue weighted by molar-refractivity contribution is 0.0998. The third kappa shape index (κ3) is 4.04. The SMILES string of the molecule is C#CCn1c(=NC(=O)c2ccc(S(=O)(=O)C(C)C)cc2)sc2cc(C)c(C)cc21. The Morgan fingerprint density at radius 1 is 1.17 bits per heavy atom. The van der Waals surface area contributed by atoms with Crippen LogP contribution in [0.1, 0.15) is 35.3 Å². The first-order valence-corrected chi connectivity index (χ1v) is 11.5. The topological polar surface area (TPSA) is 68.5 Å². The summed E-state index contributed by atoms with van der Waals surface area (Å²) in [6.45, 7) is 7.62. The molecule has 150 valence electrons. The molecule has 7 heteroatoms. The number of aromatic nitrogens is 1. The highest BCUT2D eigenvalue weighted by atomic mass is 32.2. The van der Waals surface area contributed by atoms with Gasteiger partial charge in [0.1, 0.15) is 0 Å². The van der Waals surface area contributed by atoms with Gasteiger partial charge in [0.2, 0.25) is 0 Å². The van der Waals surface area contributed by atoms with Crippen LogP contribution in [0.15, 0.2) is 46.3 Å². The molecular formula is C22H22N2O3S2. The van der Waals surface area contributed by atoms with Crippen molar-refractivity contribution in [3.63, 3.8) is 0 Å². The molecule has 0 aliphatic heterocycles. The van der Waals surface area contributed by atoms with Crippen LogP contribution in [-0.4, -0.2) is 24.1 Å². The number of carbonyl (C=O) groups excluding carboxylic acids is 1. The fourth-order valence-electron chi connectivity index (χ4n) is 2.86. The number of carbonyl (C=O) groups is 1. The number of hydrogen-bond donors (Lipinski definition) is 0. The molecule has 29 heavy (non-hydrogen) atoms. The van der Waals surface area contributed by atoms with E-state index in [0.717, 1.165) is 21.3 Å². The van der Waals surface area contributed by atoms with Gasteiger partial charge < -0.3 is 4.57 Å². The predicted molar refractivity (Wildman–Crippen MR) is 117 cm³/mol. The standard InChI is InChI=1S/C22H22N2O3S2/c1-6-11-24-19-12-15(4)16(5)13-20(19)28-22(24)23-21(25)17-7-9-18(10-8-17)29(26,27)14(2)3/h1,7-10,12-14H,11H2,2-5H3. The van der Waals surface area contributed by atoms with Crippen molar-refractivity contribution >= 4 is 37.3 Å². The molecule has 5 nitrogen and oxygen atoms in total. The van der Waals surface area contributed by atoms with E-state index in [9.17, 15) is 13.2 Å². The van der Waals surface area contributed by atoms with E-state index in [1.54, 1.807) is 13.8 Å². The first-order valence-electron chi connectivity index (χ1n) is 9.12. The lowest BCUT2D eigenvalue weighted by Gasteiger charge is -2.07. The maximum Gasteiger partial charge on any atom is 0.279 e. The Balaban J connectivity index is 2.06. The van der Waals surface area contributed by atoms with Gasteiger partial charge in [0.15, 0.2) is 14.6 Å². The van der Waals surface area contributed by atoms with Crippen molar-refractivity contribution in [3.8, 4) is 12.3 Å². The summed E-state index contributed by atoms with van der Waals surface area (Å²) in [5.74, 6) is 2.18. The summed E-state index contributed by atoms with van der Waals surface area (Å²) < 4.78 is 27.3. The van der Waals surface area contributed by atoms with Crippen LogP contribution < -0.4 is 4.80 Å². The van der Waals surface area contributed by atoms with E-state index < -0.39 is 21.0 Å². The number of aryl methyl sites for hydroxylation is 2. The summed E-state index contributed by atoms with van der Waals surface area (Å²) in [5.41, 5.74) is 3.57. The minimum atomic E-state index is -3.38. The van der Waals surface area contributed by atoms with Crippen molar-refractivity contribution in [1.29, 1.82) is 0 Å². The van der Waals surface area contributed by atoms with Gasteiger partial charge in [-0.05, 0) is 75.2 Å². The van der Waals surface area contributed by atoms with E-state index in [-0.39, 0.29) is 4.90 Å². The molecule has 0 fully saturated rings. The van der Waals surface area contributed by atoms with E-state index in [1.807, 2.05) is 24.5 Å². The number of rotatable bonds is 4. The normalized spacial score (nSPS) is 12.5. The summed E-state index contributed by atoms with van der Waals surface area (Å²) in [7, 11) is -3.38. The number of fused-ring (bicyclic) bond motifs is 1. The van der Waals surface area contributed by atoms with E-state index >= 15 is 0 Å². The Labute approximate surface area is 174 Å². The number of sulfone groups is 1. The molecule has 3 aromatic rings. The largest absolute Gasteiger partial charge is 0.305 e. The predicted octanol–water partition coefficient (Wildman–Crippen LogP) is 3.88. The van der Waals surface area contributed by atoms with Crippen LogP contribution in [0.25, 0.3) is 10.2 Å². The lowest BCUT2D eigenvalue weighted by Crippen LogP contribution is -2.17. The van der Waals surface area contributed by atoms with Crippen LogP contribution in [0.2, 0.25) is 0 Å².